The molecule has 104 valence electrons. The van der Waals surface area contributed by atoms with E-state index in [0.29, 0.717) is 23.9 Å². The lowest BCUT2D eigenvalue weighted by atomic mass is 10.0. The largest absolute Gasteiger partial charge is 0.381 e. The molecule has 6 nitrogen and oxygen atoms in total. The highest BCUT2D eigenvalue weighted by atomic mass is 16.5. The SMILES string of the molecule is Cc1cc(C(=O)NC(C)C2CCOC2)cc(NN)n1. The molecule has 0 bridgehead atoms. The monoisotopic (exact) mass is 264 g/mol. The van der Waals surface area contributed by atoms with Crippen LogP contribution in [-0.2, 0) is 4.74 Å². The summed E-state index contributed by atoms with van der Waals surface area (Å²) in [5.41, 5.74) is 3.77. The van der Waals surface area contributed by atoms with Gasteiger partial charge in [-0.15, -0.1) is 0 Å². The fraction of sp³-hybridized carbons (Fsp3) is 0.538. The Labute approximate surface area is 112 Å². The van der Waals surface area contributed by atoms with Gasteiger partial charge in [-0.1, -0.05) is 0 Å². The van der Waals surface area contributed by atoms with Crippen molar-refractivity contribution in [3.05, 3.63) is 23.4 Å². The molecule has 0 spiro atoms. The Hall–Kier alpha value is -1.66. The fourth-order valence-corrected chi connectivity index (χ4v) is 2.23. The Morgan fingerprint density at radius 1 is 1.58 bits per heavy atom. The summed E-state index contributed by atoms with van der Waals surface area (Å²) >= 11 is 0. The highest BCUT2D eigenvalue weighted by molar-refractivity contribution is 5.95. The number of pyridine rings is 1. The van der Waals surface area contributed by atoms with Crippen LogP contribution in [0.2, 0.25) is 0 Å². The number of carbonyl (C=O) groups excluding carboxylic acids is 1. The molecule has 1 saturated heterocycles. The first-order chi connectivity index (χ1) is 9.10. The number of nitrogens with one attached hydrogen (secondary N) is 2. The van der Waals surface area contributed by atoms with Crippen molar-refractivity contribution < 1.29 is 9.53 Å². The first-order valence-corrected chi connectivity index (χ1v) is 6.44. The van der Waals surface area contributed by atoms with Crippen LogP contribution in [0.5, 0.6) is 0 Å². The first kappa shape index (κ1) is 13.8. The molecule has 2 rings (SSSR count). The quantitative estimate of drug-likeness (QED) is 0.553. The molecule has 1 aromatic rings. The van der Waals surface area contributed by atoms with Gasteiger partial charge in [-0.05, 0) is 32.4 Å². The molecule has 0 saturated carbocycles. The van der Waals surface area contributed by atoms with E-state index >= 15 is 0 Å². The number of hydrazine groups is 1. The maximum atomic E-state index is 12.2. The minimum atomic E-state index is -0.110. The van der Waals surface area contributed by atoms with Crippen molar-refractivity contribution in [3.63, 3.8) is 0 Å². The summed E-state index contributed by atoms with van der Waals surface area (Å²) in [4.78, 5) is 16.3. The van der Waals surface area contributed by atoms with Gasteiger partial charge in [0.1, 0.15) is 5.82 Å². The van der Waals surface area contributed by atoms with Gasteiger partial charge in [0.25, 0.3) is 5.91 Å². The number of hydrogen-bond donors (Lipinski definition) is 3. The molecule has 1 aromatic heterocycles. The predicted octanol–water partition coefficient (Wildman–Crippen LogP) is 0.830. The molecule has 0 aromatic carbocycles. The molecule has 0 aliphatic carbocycles. The third-order valence-corrected chi connectivity index (χ3v) is 3.39. The number of aryl methyl sites for hydroxylation is 1. The van der Waals surface area contributed by atoms with Gasteiger partial charge in [-0.25, -0.2) is 10.8 Å². The summed E-state index contributed by atoms with van der Waals surface area (Å²) in [5, 5.41) is 3.00. The number of ether oxygens (including phenoxy) is 1. The second-order valence-corrected chi connectivity index (χ2v) is 4.91. The van der Waals surface area contributed by atoms with E-state index in [-0.39, 0.29) is 11.9 Å². The minimum Gasteiger partial charge on any atom is -0.381 e. The standard InChI is InChI=1S/C13H20N4O2/c1-8-5-11(6-12(15-8)17-14)13(18)16-9(2)10-3-4-19-7-10/h5-6,9-10H,3-4,7,14H2,1-2H3,(H,15,17)(H,16,18). The summed E-state index contributed by atoms with van der Waals surface area (Å²) in [6, 6.07) is 3.48. The zero-order valence-electron chi connectivity index (χ0n) is 11.3. The van der Waals surface area contributed by atoms with E-state index in [1.54, 1.807) is 12.1 Å². The van der Waals surface area contributed by atoms with Gasteiger partial charge in [0.05, 0.1) is 6.61 Å². The molecular weight excluding hydrogens is 244 g/mol. The number of nitrogen functional groups attached to an aromatic ring is 1. The van der Waals surface area contributed by atoms with Crippen molar-refractivity contribution in [3.8, 4) is 0 Å². The van der Waals surface area contributed by atoms with Crippen LogP contribution < -0.4 is 16.6 Å². The third-order valence-electron chi connectivity index (χ3n) is 3.39. The first-order valence-electron chi connectivity index (χ1n) is 6.44. The number of nitrogens with two attached hydrogens (primary N) is 1. The zero-order chi connectivity index (χ0) is 13.8. The minimum absolute atomic E-state index is 0.0951. The van der Waals surface area contributed by atoms with Crippen molar-refractivity contribution in [1.82, 2.24) is 10.3 Å². The highest BCUT2D eigenvalue weighted by Crippen LogP contribution is 2.17. The van der Waals surface area contributed by atoms with E-state index in [0.717, 1.165) is 18.7 Å². The molecule has 1 amide bonds. The molecule has 1 aliphatic rings. The number of anilines is 1. The lowest BCUT2D eigenvalue weighted by Gasteiger charge is -2.19. The summed E-state index contributed by atoms with van der Waals surface area (Å²) in [6.07, 6.45) is 0.992. The fourth-order valence-electron chi connectivity index (χ4n) is 2.23. The molecule has 6 heteroatoms. The van der Waals surface area contributed by atoms with Crippen molar-refractivity contribution in [2.24, 2.45) is 11.8 Å². The smallest absolute Gasteiger partial charge is 0.251 e. The summed E-state index contributed by atoms with van der Waals surface area (Å²) in [6.45, 7) is 5.33. The maximum absolute atomic E-state index is 12.2. The number of hydrogen-bond acceptors (Lipinski definition) is 5. The normalized spacial score (nSPS) is 20.1. The summed E-state index contributed by atoms with van der Waals surface area (Å²) < 4.78 is 5.33. The molecule has 0 radical (unpaired) electrons. The Morgan fingerprint density at radius 3 is 3.00 bits per heavy atom. The molecule has 19 heavy (non-hydrogen) atoms. The maximum Gasteiger partial charge on any atom is 0.251 e. The number of carbonyl (C=O) groups is 1. The molecule has 1 aliphatic heterocycles. The number of nitrogens with zero attached hydrogens (tertiary/aromatic N) is 1. The van der Waals surface area contributed by atoms with Gasteiger partial charge in [0, 0.05) is 29.8 Å². The second kappa shape index (κ2) is 5.99. The number of rotatable bonds is 4. The van der Waals surface area contributed by atoms with Crippen LogP contribution in [0.25, 0.3) is 0 Å². The second-order valence-electron chi connectivity index (χ2n) is 4.91. The van der Waals surface area contributed by atoms with E-state index in [2.05, 4.69) is 15.7 Å². The summed E-state index contributed by atoms with van der Waals surface area (Å²) in [5.74, 6) is 6.09. The molecule has 4 N–H and O–H groups in total. The summed E-state index contributed by atoms with van der Waals surface area (Å²) in [7, 11) is 0. The highest BCUT2D eigenvalue weighted by Gasteiger charge is 2.24. The van der Waals surface area contributed by atoms with Crippen LogP contribution in [0.1, 0.15) is 29.4 Å². The van der Waals surface area contributed by atoms with E-state index < -0.39 is 0 Å². The third kappa shape index (κ3) is 3.42. The van der Waals surface area contributed by atoms with Crippen LogP contribution in [0.3, 0.4) is 0 Å². The van der Waals surface area contributed by atoms with Crippen molar-refractivity contribution in [2.45, 2.75) is 26.3 Å². The van der Waals surface area contributed by atoms with Gasteiger partial charge in [-0.3, -0.25) is 4.79 Å². The molecule has 1 fully saturated rings. The van der Waals surface area contributed by atoms with Crippen LogP contribution in [0, 0.1) is 12.8 Å². The van der Waals surface area contributed by atoms with Gasteiger partial charge in [0.2, 0.25) is 0 Å². The van der Waals surface area contributed by atoms with Gasteiger partial charge in [0.15, 0.2) is 0 Å². The van der Waals surface area contributed by atoms with Gasteiger partial charge >= 0.3 is 0 Å². The number of amides is 1. The van der Waals surface area contributed by atoms with Crippen LogP contribution in [0.4, 0.5) is 5.82 Å². The van der Waals surface area contributed by atoms with E-state index in [1.807, 2.05) is 13.8 Å². The zero-order valence-corrected chi connectivity index (χ0v) is 11.3. The number of aromatic nitrogens is 1. The van der Waals surface area contributed by atoms with Crippen LogP contribution in [-0.4, -0.2) is 30.1 Å². The lowest BCUT2D eigenvalue weighted by molar-refractivity contribution is 0.0922. The van der Waals surface area contributed by atoms with Crippen molar-refractivity contribution in [2.75, 3.05) is 18.6 Å². The Morgan fingerprint density at radius 2 is 2.37 bits per heavy atom. The molecule has 2 unspecified atom stereocenters. The molecule has 2 heterocycles. The molecular formula is C13H20N4O2. The molecule has 2 atom stereocenters. The van der Waals surface area contributed by atoms with Crippen LogP contribution >= 0.6 is 0 Å². The van der Waals surface area contributed by atoms with E-state index in [9.17, 15) is 4.79 Å². The Kier molecular flexibility index (Phi) is 4.34. The van der Waals surface area contributed by atoms with E-state index in [1.165, 1.54) is 0 Å². The van der Waals surface area contributed by atoms with Crippen LogP contribution in [0.15, 0.2) is 12.1 Å². The lowest BCUT2D eigenvalue weighted by Crippen LogP contribution is -2.38. The van der Waals surface area contributed by atoms with Gasteiger partial charge in [-0.2, -0.15) is 0 Å². The Balaban J connectivity index is 2.04. The van der Waals surface area contributed by atoms with Crippen molar-refractivity contribution >= 4 is 11.7 Å². The predicted molar refractivity (Wildman–Crippen MR) is 72.6 cm³/mol. The average Bonchev–Trinajstić information content (AvgIpc) is 2.91. The van der Waals surface area contributed by atoms with Crippen molar-refractivity contribution in [1.29, 1.82) is 0 Å². The average molecular weight is 264 g/mol. The van der Waals surface area contributed by atoms with E-state index in [4.69, 9.17) is 10.6 Å². The van der Waals surface area contributed by atoms with Gasteiger partial charge < -0.3 is 15.5 Å². The topological polar surface area (TPSA) is 89.3 Å². The Bertz CT molecular complexity index is 458.